The number of nitrogens with two attached hydrogens (primary N) is 1. The standard InChI is InChI=1S/C13H25F3N2/c1-3-5-11(17)12(4-2)18-8-6-10(7-9-18)13(14,15)16/h10-12H,3-9,17H2,1-2H3. The first-order valence-electron chi connectivity index (χ1n) is 6.96. The van der Waals surface area contributed by atoms with E-state index in [1.807, 2.05) is 0 Å². The van der Waals surface area contributed by atoms with Crippen molar-refractivity contribution >= 4 is 0 Å². The molecule has 2 nitrogen and oxygen atoms in total. The zero-order valence-corrected chi connectivity index (χ0v) is 11.3. The van der Waals surface area contributed by atoms with Gasteiger partial charge in [-0.25, -0.2) is 0 Å². The lowest BCUT2D eigenvalue weighted by Gasteiger charge is -2.40. The SMILES string of the molecule is CCCC(N)C(CC)N1CCC(C(F)(F)F)CC1. The zero-order valence-electron chi connectivity index (χ0n) is 11.3. The van der Waals surface area contributed by atoms with Gasteiger partial charge in [0.15, 0.2) is 0 Å². The summed E-state index contributed by atoms with van der Waals surface area (Å²) in [4.78, 5) is 2.16. The molecule has 1 aliphatic rings. The van der Waals surface area contributed by atoms with Crippen molar-refractivity contribution in [2.75, 3.05) is 13.1 Å². The number of halogens is 3. The van der Waals surface area contributed by atoms with Gasteiger partial charge in [-0.05, 0) is 38.8 Å². The molecule has 0 saturated carbocycles. The Kier molecular flexibility index (Phi) is 5.92. The molecule has 0 aromatic rings. The molecule has 0 radical (unpaired) electrons. The normalized spacial score (nSPS) is 23.0. The van der Waals surface area contributed by atoms with Crippen LogP contribution in [0.5, 0.6) is 0 Å². The van der Waals surface area contributed by atoms with E-state index < -0.39 is 12.1 Å². The third-order valence-electron chi connectivity index (χ3n) is 4.00. The van der Waals surface area contributed by atoms with E-state index in [9.17, 15) is 13.2 Å². The van der Waals surface area contributed by atoms with Crippen LogP contribution in [0.25, 0.3) is 0 Å². The molecule has 1 saturated heterocycles. The minimum atomic E-state index is -4.03. The van der Waals surface area contributed by atoms with Crippen LogP contribution in [0.2, 0.25) is 0 Å². The van der Waals surface area contributed by atoms with Gasteiger partial charge in [-0.2, -0.15) is 13.2 Å². The minimum absolute atomic E-state index is 0.0856. The van der Waals surface area contributed by atoms with Gasteiger partial charge in [0.25, 0.3) is 0 Å². The van der Waals surface area contributed by atoms with Gasteiger partial charge in [-0.3, -0.25) is 4.90 Å². The highest BCUT2D eigenvalue weighted by molar-refractivity contribution is 4.86. The van der Waals surface area contributed by atoms with Gasteiger partial charge in [-0.15, -0.1) is 0 Å². The Bertz CT molecular complexity index is 235. The maximum absolute atomic E-state index is 12.6. The second kappa shape index (κ2) is 6.75. The first-order chi connectivity index (χ1) is 8.40. The van der Waals surface area contributed by atoms with Crippen LogP contribution in [0.15, 0.2) is 0 Å². The molecule has 5 heteroatoms. The summed E-state index contributed by atoms with van der Waals surface area (Å²) in [6.45, 7) is 5.21. The summed E-state index contributed by atoms with van der Waals surface area (Å²) >= 11 is 0. The Morgan fingerprint density at radius 2 is 1.78 bits per heavy atom. The Labute approximate surface area is 108 Å². The third kappa shape index (κ3) is 4.12. The van der Waals surface area contributed by atoms with Crippen LogP contribution < -0.4 is 5.73 Å². The molecule has 2 atom stereocenters. The van der Waals surface area contributed by atoms with E-state index in [1.54, 1.807) is 0 Å². The highest BCUT2D eigenvalue weighted by Gasteiger charge is 2.42. The van der Waals surface area contributed by atoms with Gasteiger partial charge >= 0.3 is 6.18 Å². The number of rotatable bonds is 5. The van der Waals surface area contributed by atoms with Crippen LogP contribution in [0, 0.1) is 5.92 Å². The van der Waals surface area contributed by atoms with E-state index in [1.165, 1.54) is 0 Å². The fourth-order valence-corrected chi connectivity index (χ4v) is 2.92. The van der Waals surface area contributed by atoms with Crippen LogP contribution in [-0.4, -0.2) is 36.2 Å². The van der Waals surface area contributed by atoms with Crippen LogP contribution in [0.3, 0.4) is 0 Å². The van der Waals surface area contributed by atoms with Crippen LogP contribution in [0.1, 0.15) is 46.0 Å². The number of likely N-dealkylation sites (tertiary alicyclic amines) is 1. The average molecular weight is 266 g/mol. The molecule has 1 rings (SSSR count). The largest absolute Gasteiger partial charge is 0.391 e. The molecule has 1 fully saturated rings. The monoisotopic (exact) mass is 266 g/mol. The van der Waals surface area contributed by atoms with Gasteiger partial charge in [0, 0.05) is 12.1 Å². The fourth-order valence-electron chi connectivity index (χ4n) is 2.92. The van der Waals surface area contributed by atoms with Gasteiger partial charge in [0.05, 0.1) is 5.92 Å². The summed E-state index contributed by atoms with van der Waals surface area (Å²) in [6, 6.07) is 0.321. The summed E-state index contributed by atoms with van der Waals surface area (Å²) in [5, 5.41) is 0. The number of hydrogen-bond acceptors (Lipinski definition) is 2. The van der Waals surface area contributed by atoms with Gasteiger partial charge in [0.1, 0.15) is 0 Å². The second-order valence-electron chi connectivity index (χ2n) is 5.28. The molecule has 0 aromatic heterocycles. The summed E-state index contributed by atoms with van der Waals surface area (Å²) in [7, 11) is 0. The van der Waals surface area contributed by atoms with E-state index in [0.717, 1.165) is 19.3 Å². The number of piperidine rings is 1. The van der Waals surface area contributed by atoms with E-state index in [-0.39, 0.29) is 24.9 Å². The fraction of sp³-hybridized carbons (Fsp3) is 1.00. The first kappa shape index (κ1) is 15.8. The number of nitrogens with zero attached hydrogens (tertiary/aromatic N) is 1. The maximum atomic E-state index is 12.6. The molecule has 0 spiro atoms. The quantitative estimate of drug-likeness (QED) is 0.828. The van der Waals surface area contributed by atoms with Gasteiger partial charge in [-0.1, -0.05) is 20.3 Å². The van der Waals surface area contributed by atoms with Gasteiger partial charge < -0.3 is 5.73 Å². The molecule has 2 unspecified atom stereocenters. The molecule has 0 aliphatic carbocycles. The Balaban J connectivity index is 2.50. The molecule has 1 heterocycles. The van der Waals surface area contributed by atoms with Crippen molar-refractivity contribution in [1.29, 1.82) is 0 Å². The first-order valence-corrected chi connectivity index (χ1v) is 6.96. The molecule has 108 valence electrons. The average Bonchev–Trinajstić information content (AvgIpc) is 2.30. The summed E-state index contributed by atoms with van der Waals surface area (Å²) < 4.78 is 37.8. The third-order valence-corrected chi connectivity index (χ3v) is 4.00. The molecular weight excluding hydrogens is 241 g/mol. The van der Waals surface area contributed by atoms with E-state index >= 15 is 0 Å². The van der Waals surface area contributed by atoms with Crippen molar-refractivity contribution in [3.8, 4) is 0 Å². The van der Waals surface area contributed by atoms with Crippen molar-refractivity contribution in [3.05, 3.63) is 0 Å². The molecule has 0 aromatic carbocycles. The lowest BCUT2D eigenvalue weighted by molar-refractivity contribution is -0.186. The highest BCUT2D eigenvalue weighted by Crippen LogP contribution is 2.35. The molecule has 0 amide bonds. The van der Waals surface area contributed by atoms with Crippen molar-refractivity contribution in [1.82, 2.24) is 4.90 Å². The van der Waals surface area contributed by atoms with Crippen molar-refractivity contribution in [3.63, 3.8) is 0 Å². The van der Waals surface area contributed by atoms with Crippen LogP contribution in [-0.2, 0) is 0 Å². The predicted molar refractivity (Wildman–Crippen MR) is 67.3 cm³/mol. The zero-order chi connectivity index (χ0) is 13.8. The van der Waals surface area contributed by atoms with E-state index in [4.69, 9.17) is 5.73 Å². The smallest absolute Gasteiger partial charge is 0.326 e. The topological polar surface area (TPSA) is 29.3 Å². The lowest BCUT2D eigenvalue weighted by atomic mass is 9.92. The molecule has 18 heavy (non-hydrogen) atoms. The maximum Gasteiger partial charge on any atom is 0.391 e. The Morgan fingerprint density at radius 1 is 1.22 bits per heavy atom. The Morgan fingerprint density at radius 3 is 2.17 bits per heavy atom. The van der Waals surface area contributed by atoms with Crippen molar-refractivity contribution in [2.45, 2.75) is 64.2 Å². The molecular formula is C13H25F3N2. The van der Waals surface area contributed by atoms with Crippen LogP contribution in [0.4, 0.5) is 13.2 Å². The second-order valence-corrected chi connectivity index (χ2v) is 5.28. The summed E-state index contributed by atoms with van der Waals surface area (Å²) in [5.74, 6) is -1.12. The predicted octanol–water partition coefficient (Wildman–Crippen LogP) is 3.17. The number of alkyl halides is 3. The summed E-state index contributed by atoms with van der Waals surface area (Å²) in [6.07, 6.45) is -0.705. The molecule has 0 bridgehead atoms. The Hall–Kier alpha value is -0.290. The number of hydrogen-bond donors (Lipinski definition) is 1. The van der Waals surface area contributed by atoms with Crippen molar-refractivity contribution < 1.29 is 13.2 Å². The molecule has 2 N–H and O–H groups in total. The lowest BCUT2D eigenvalue weighted by Crippen LogP contribution is -2.51. The van der Waals surface area contributed by atoms with E-state index in [0.29, 0.717) is 13.1 Å². The van der Waals surface area contributed by atoms with E-state index in [2.05, 4.69) is 18.7 Å². The highest BCUT2D eigenvalue weighted by atomic mass is 19.4. The van der Waals surface area contributed by atoms with Crippen molar-refractivity contribution in [2.24, 2.45) is 11.7 Å². The molecule has 1 aliphatic heterocycles. The van der Waals surface area contributed by atoms with Crippen LogP contribution >= 0.6 is 0 Å². The minimum Gasteiger partial charge on any atom is -0.326 e. The van der Waals surface area contributed by atoms with Gasteiger partial charge in [0.2, 0.25) is 0 Å². The summed E-state index contributed by atoms with van der Waals surface area (Å²) in [5.41, 5.74) is 6.13.